The number of carbonyl (C=O) groups excluding carboxylic acids is 1. The molecule has 0 spiro atoms. The topological polar surface area (TPSA) is 87.7 Å². The van der Waals surface area contributed by atoms with E-state index in [9.17, 15) is 9.59 Å². The van der Waals surface area contributed by atoms with Crippen molar-refractivity contribution in [2.45, 2.75) is 63.0 Å². The molecule has 1 saturated carbocycles. The van der Waals surface area contributed by atoms with Crippen molar-refractivity contribution in [2.24, 2.45) is 0 Å². The zero-order valence-corrected chi connectivity index (χ0v) is 12.5. The maximum atomic E-state index is 12.0. The summed E-state index contributed by atoms with van der Waals surface area (Å²) >= 11 is 0. The van der Waals surface area contributed by atoms with Crippen LogP contribution in [-0.4, -0.2) is 48.3 Å². The van der Waals surface area contributed by atoms with Crippen LogP contribution in [0.3, 0.4) is 0 Å². The van der Waals surface area contributed by atoms with Crippen molar-refractivity contribution < 1.29 is 19.4 Å². The number of carboxylic acid groups (broad SMARTS) is 1. The Kier molecular flexibility index (Phi) is 5.99. The van der Waals surface area contributed by atoms with Gasteiger partial charge in [-0.3, -0.25) is 9.59 Å². The maximum absolute atomic E-state index is 12.0. The van der Waals surface area contributed by atoms with E-state index in [2.05, 4.69) is 10.6 Å². The van der Waals surface area contributed by atoms with Gasteiger partial charge in [-0.25, -0.2) is 0 Å². The number of carbonyl (C=O) groups is 2. The molecule has 21 heavy (non-hydrogen) atoms. The van der Waals surface area contributed by atoms with Crippen LogP contribution in [0.15, 0.2) is 0 Å². The van der Waals surface area contributed by atoms with E-state index >= 15 is 0 Å². The minimum atomic E-state index is -0.844. The van der Waals surface area contributed by atoms with E-state index in [1.807, 2.05) is 0 Å². The Hall–Kier alpha value is -1.14. The molecule has 1 heterocycles. The molecule has 0 bridgehead atoms. The summed E-state index contributed by atoms with van der Waals surface area (Å²) in [7, 11) is 0. The Morgan fingerprint density at radius 1 is 1.24 bits per heavy atom. The minimum absolute atomic E-state index is 0.0217. The quantitative estimate of drug-likeness (QED) is 0.654. The Morgan fingerprint density at radius 3 is 2.52 bits per heavy atom. The molecule has 1 saturated heterocycles. The molecule has 0 aromatic rings. The standard InChI is InChI=1S/C15H26N2O4/c18-13(5-10-21-12-3-8-16-9-4-12)17-15(11-14(19)20)6-1-2-7-15/h12,16H,1-11H2,(H,17,18)(H,19,20). The molecule has 6 heteroatoms. The molecule has 0 aromatic carbocycles. The van der Waals surface area contributed by atoms with Crippen LogP contribution in [0, 0.1) is 0 Å². The lowest BCUT2D eigenvalue weighted by Gasteiger charge is -2.29. The van der Waals surface area contributed by atoms with Crippen LogP contribution < -0.4 is 10.6 Å². The average molecular weight is 298 g/mol. The van der Waals surface area contributed by atoms with Gasteiger partial charge in [-0.15, -0.1) is 0 Å². The van der Waals surface area contributed by atoms with Crippen molar-refractivity contribution >= 4 is 11.9 Å². The Labute approximate surface area is 125 Å². The zero-order chi connectivity index (χ0) is 15.1. The number of amides is 1. The van der Waals surface area contributed by atoms with Crippen LogP contribution in [0.25, 0.3) is 0 Å². The molecule has 0 radical (unpaired) electrons. The molecule has 1 aliphatic heterocycles. The number of nitrogens with one attached hydrogen (secondary N) is 2. The van der Waals surface area contributed by atoms with Crippen LogP contribution in [0.2, 0.25) is 0 Å². The van der Waals surface area contributed by atoms with Gasteiger partial charge in [0.1, 0.15) is 0 Å². The van der Waals surface area contributed by atoms with Crippen LogP contribution in [-0.2, 0) is 14.3 Å². The number of hydrogen-bond acceptors (Lipinski definition) is 4. The third-order valence-electron chi connectivity index (χ3n) is 4.42. The molecule has 2 aliphatic rings. The molecule has 1 aliphatic carbocycles. The first kappa shape index (κ1) is 16.2. The van der Waals surface area contributed by atoms with Crippen molar-refractivity contribution in [2.75, 3.05) is 19.7 Å². The number of ether oxygens (including phenoxy) is 1. The van der Waals surface area contributed by atoms with Gasteiger partial charge in [-0.1, -0.05) is 12.8 Å². The van der Waals surface area contributed by atoms with Crippen molar-refractivity contribution in [3.05, 3.63) is 0 Å². The monoisotopic (exact) mass is 298 g/mol. The fourth-order valence-electron chi connectivity index (χ4n) is 3.33. The second kappa shape index (κ2) is 7.75. The molecule has 0 atom stereocenters. The second-order valence-electron chi connectivity index (χ2n) is 6.18. The zero-order valence-electron chi connectivity index (χ0n) is 12.5. The highest BCUT2D eigenvalue weighted by Gasteiger charge is 2.37. The third kappa shape index (κ3) is 5.28. The first-order valence-corrected chi connectivity index (χ1v) is 7.95. The second-order valence-corrected chi connectivity index (χ2v) is 6.18. The van der Waals surface area contributed by atoms with E-state index < -0.39 is 11.5 Å². The number of carboxylic acids is 1. The van der Waals surface area contributed by atoms with Gasteiger partial charge in [-0.05, 0) is 38.8 Å². The van der Waals surface area contributed by atoms with Crippen LogP contribution >= 0.6 is 0 Å². The van der Waals surface area contributed by atoms with E-state index in [0.717, 1.165) is 51.6 Å². The van der Waals surface area contributed by atoms with E-state index in [-0.39, 0.29) is 18.4 Å². The largest absolute Gasteiger partial charge is 0.481 e. The van der Waals surface area contributed by atoms with Crippen LogP contribution in [0.4, 0.5) is 0 Å². The summed E-state index contributed by atoms with van der Waals surface area (Å²) < 4.78 is 5.71. The van der Waals surface area contributed by atoms with Gasteiger partial charge in [0.05, 0.1) is 24.7 Å². The van der Waals surface area contributed by atoms with E-state index in [0.29, 0.717) is 13.0 Å². The predicted molar refractivity (Wildman–Crippen MR) is 78.1 cm³/mol. The third-order valence-corrected chi connectivity index (χ3v) is 4.42. The van der Waals surface area contributed by atoms with Gasteiger partial charge in [0.25, 0.3) is 0 Å². The molecule has 2 rings (SSSR count). The highest BCUT2D eigenvalue weighted by atomic mass is 16.5. The SMILES string of the molecule is O=C(O)CC1(NC(=O)CCOC2CCNCC2)CCCC1. The highest BCUT2D eigenvalue weighted by molar-refractivity contribution is 5.78. The Balaban J connectivity index is 1.70. The smallest absolute Gasteiger partial charge is 0.305 e. The molecule has 2 fully saturated rings. The van der Waals surface area contributed by atoms with Gasteiger partial charge in [0.15, 0.2) is 0 Å². The molecule has 120 valence electrons. The minimum Gasteiger partial charge on any atom is -0.481 e. The van der Waals surface area contributed by atoms with Crippen molar-refractivity contribution in [3.8, 4) is 0 Å². The van der Waals surface area contributed by atoms with Gasteiger partial charge in [0.2, 0.25) is 5.91 Å². The van der Waals surface area contributed by atoms with Gasteiger partial charge < -0.3 is 20.5 Å². The fourth-order valence-corrected chi connectivity index (χ4v) is 3.33. The van der Waals surface area contributed by atoms with Crippen molar-refractivity contribution in [3.63, 3.8) is 0 Å². The lowest BCUT2D eigenvalue weighted by Crippen LogP contribution is -2.48. The van der Waals surface area contributed by atoms with Crippen molar-refractivity contribution in [1.29, 1.82) is 0 Å². The normalized spacial score (nSPS) is 22.1. The lowest BCUT2D eigenvalue weighted by atomic mass is 9.93. The number of rotatable bonds is 7. The first-order chi connectivity index (χ1) is 10.1. The summed E-state index contributed by atoms with van der Waals surface area (Å²) in [5, 5.41) is 15.2. The summed E-state index contributed by atoms with van der Waals surface area (Å²) in [4.78, 5) is 23.0. The molecule has 0 aromatic heterocycles. The van der Waals surface area contributed by atoms with E-state index in [4.69, 9.17) is 9.84 Å². The molecular weight excluding hydrogens is 272 g/mol. The van der Waals surface area contributed by atoms with Gasteiger partial charge in [0, 0.05) is 6.42 Å². The molecule has 0 unspecified atom stereocenters. The molecule has 3 N–H and O–H groups in total. The van der Waals surface area contributed by atoms with Gasteiger partial charge >= 0.3 is 5.97 Å². The van der Waals surface area contributed by atoms with E-state index in [1.165, 1.54) is 0 Å². The number of aliphatic carboxylic acids is 1. The Morgan fingerprint density at radius 2 is 1.90 bits per heavy atom. The Bertz CT molecular complexity index is 361. The van der Waals surface area contributed by atoms with E-state index in [1.54, 1.807) is 0 Å². The van der Waals surface area contributed by atoms with Gasteiger partial charge in [-0.2, -0.15) is 0 Å². The fraction of sp³-hybridized carbons (Fsp3) is 0.867. The molecular formula is C15H26N2O4. The summed E-state index contributed by atoms with van der Waals surface area (Å²) in [6.45, 7) is 2.36. The molecule has 6 nitrogen and oxygen atoms in total. The highest BCUT2D eigenvalue weighted by Crippen LogP contribution is 2.32. The number of piperidine rings is 1. The maximum Gasteiger partial charge on any atom is 0.305 e. The average Bonchev–Trinajstić information content (AvgIpc) is 2.87. The van der Waals surface area contributed by atoms with Crippen LogP contribution in [0.5, 0.6) is 0 Å². The molecule has 1 amide bonds. The summed E-state index contributed by atoms with van der Waals surface area (Å²) in [6.07, 6.45) is 6.06. The lowest BCUT2D eigenvalue weighted by molar-refractivity contribution is -0.139. The number of hydrogen-bond donors (Lipinski definition) is 3. The summed E-state index contributed by atoms with van der Waals surface area (Å²) in [5.74, 6) is -0.935. The first-order valence-electron chi connectivity index (χ1n) is 7.95. The van der Waals surface area contributed by atoms with Crippen molar-refractivity contribution in [1.82, 2.24) is 10.6 Å². The summed E-state index contributed by atoms with van der Waals surface area (Å²) in [6, 6.07) is 0. The predicted octanol–water partition coefficient (Wildman–Crippen LogP) is 1.05. The van der Waals surface area contributed by atoms with Crippen LogP contribution in [0.1, 0.15) is 51.4 Å². The summed E-state index contributed by atoms with van der Waals surface area (Å²) in [5.41, 5.74) is -0.530.